The minimum absolute atomic E-state index is 0.260. The number of amides is 2. The van der Waals surface area contributed by atoms with Crippen molar-refractivity contribution in [1.29, 1.82) is 0 Å². The average molecular weight is 289 g/mol. The lowest BCUT2D eigenvalue weighted by Crippen LogP contribution is -2.54. The standard InChI is InChI=1S/C12H23N3O3S/c1-3-14-5-7-15(8-6-14)12(18)13-10(11(16)17)4-9-19-2/h10H,3-9H2,1-2H3,(H,13,18)(H,16,17)/t10-/m1/s1. The summed E-state index contributed by atoms with van der Waals surface area (Å²) in [5, 5.41) is 11.7. The van der Waals surface area contributed by atoms with Crippen LogP contribution in [0, 0.1) is 0 Å². The summed E-state index contributed by atoms with van der Waals surface area (Å²) in [7, 11) is 0. The van der Waals surface area contributed by atoms with Crippen molar-refractivity contribution in [2.45, 2.75) is 19.4 Å². The number of nitrogens with zero attached hydrogens (tertiary/aromatic N) is 2. The molecule has 0 aromatic carbocycles. The fraction of sp³-hybridized carbons (Fsp3) is 0.833. The number of aliphatic carboxylic acids is 1. The number of carboxylic acid groups (broad SMARTS) is 1. The highest BCUT2D eigenvalue weighted by Crippen LogP contribution is 2.05. The predicted octanol–water partition coefficient (Wildman–Crippen LogP) is 0.540. The summed E-state index contributed by atoms with van der Waals surface area (Å²) in [6.07, 6.45) is 2.38. The molecule has 7 heteroatoms. The lowest BCUT2D eigenvalue weighted by molar-refractivity contribution is -0.139. The van der Waals surface area contributed by atoms with Gasteiger partial charge in [0.2, 0.25) is 0 Å². The molecular formula is C12H23N3O3S. The van der Waals surface area contributed by atoms with Crippen molar-refractivity contribution in [3.63, 3.8) is 0 Å². The van der Waals surface area contributed by atoms with Crippen LogP contribution in [-0.4, -0.2) is 77.7 Å². The lowest BCUT2D eigenvalue weighted by atomic mass is 10.2. The van der Waals surface area contributed by atoms with Crippen molar-refractivity contribution in [3.8, 4) is 0 Å². The third-order valence-electron chi connectivity index (χ3n) is 3.31. The second-order valence-electron chi connectivity index (χ2n) is 4.54. The molecule has 1 heterocycles. The average Bonchev–Trinajstić information content (AvgIpc) is 2.43. The molecule has 0 unspecified atom stereocenters. The number of likely N-dealkylation sites (N-methyl/N-ethyl adjacent to an activating group) is 1. The molecule has 1 atom stereocenters. The van der Waals surface area contributed by atoms with Crippen LogP contribution in [0.5, 0.6) is 0 Å². The van der Waals surface area contributed by atoms with Crippen LogP contribution in [-0.2, 0) is 4.79 Å². The molecule has 2 amide bonds. The fourth-order valence-corrected chi connectivity index (χ4v) is 2.47. The van der Waals surface area contributed by atoms with Crippen LogP contribution in [0.25, 0.3) is 0 Å². The van der Waals surface area contributed by atoms with E-state index in [1.807, 2.05) is 6.26 Å². The van der Waals surface area contributed by atoms with Gasteiger partial charge in [0.1, 0.15) is 6.04 Å². The maximum absolute atomic E-state index is 12.0. The van der Waals surface area contributed by atoms with Crippen LogP contribution < -0.4 is 5.32 Å². The number of thioether (sulfide) groups is 1. The first-order valence-electron chi connectivity index (χ1n) is 6.58. The number of carbonyl (C=O) groups excluding carboxylic acids is 1. The Bertz CT molecular complexity index is 307. The zero-order valence-electron chi connectivity index (χ0n) is 11.6. The molecule has 0 aliphatic carbocycles. The van der Waals surface area contributed by atoms with Gasteiger partial charge in [-0.25, -0.2) is 9.59 Å². The molecule has 19 heavy (non-hydrogen) atoms. The molecule has 0 aromatic heterocycles. The van der Waals surface area contributed by atoms with Crippen LogP contribution in [0.3, 0.4) is 0 Å². The third-order valence-corrected chi connectivity index (χ3v) is 3.96. The van der Waals surface area contributed by atoms with E-state index >= 15 is 0 Å². The second kappa shape index (κ2) is 8.27. The van der Waals surface area contributed by atoms with Crippen molar-refractivity contribution < 1.29 is 14.7 Å². The molecule has 0 bridgehead atoms. The second-order valence-corrected chi connectivity index (χ2v) is 5.53. The van der Waals surface area contributed by atoms with Crippen molar-refractivity contribution in [2.75, 3.05) is 44.7 Å². The summed E-state index contributed by atoms with van der Waals surface area (Å²) in [6, 6.07) is -1.05. The number of rotatable bonds is 6. The van der Waals surface area contributed by atoms with Crippen molar-refractivity contribution in [2.24, 2.45) is 0 Å². The maximum atomic E-state index is 12.0. The van der Waals surface area contributed by atoms with Gasteiger partial charge in [-0.3, -0.25) is 0 Å². The highest BCUT2D eigenvalue weighted by Gasteiger charge is 2.25. The Morgan fingerprint density at radius 1 is 1.32 bits per heavy atom. The van der Waals surface area contributed by atoms with Crippen LogP contribution in [0.1, 0.15) is 13.3 Å². The van der Waals surface area contributed by atoms with E-state index in [9.17, 15) is 9.59 Å². The zero-order valence-corrected chi connectivity index (χ0v) is 12.4. The first-order valence-corrected chi connectivity index (χ1v) is 7.97. The van der Waals surface area contributed by atoms with E-state index in [1.165, 1.54) is 0 Å². The minimum Gasteiger partial charge on any atom is -0.480 e. The highest BCUT2D eigenvalue weighted by molar-refractivity contribution is 7.98. The number of nitrogens with one attached hydrogen (secondary N) is 1. The number of hydrogen-bond acceptors (Lipinski definition) is 4. The lowest BCUT2D eigenvalue weighted by Gasteiger charge is -2.34. The topological polar surface area (TPSA) is 72.9 Å². The molecule has 0 saturated carbocycles. The van der Waals surface area contributed by atoms with Gasteiger partial charge in [0.05, 0.1) is 0 Å². The molecule has 1 aliphatic rings. The Morgan fingerprint density at radius 3 is 2.42 bits per heavy atom. The van der Waals surface area contributed by atoms with E-state index in [-0.39, 0.29) is 6.03 Å². The Labute approximate surface area is 118 Å². The van der Waals surface area contributed by atoms with Crippen LogP contribution in [0.4, 0.5) is 4.79 Å². The van der Waals surface area contributed by atoms with Gasteiger partial charge in [0, 0.05) is 26.2 Å². The monoisotopic (exact) mass is 289 g/mol. The highest BCUT2D eigenvalue weighted by atomic mass is 32.2. The van der Waals surface area contributed by atoms with Gasteiger partial charge in [0.15, 0.2) is 0 Å². The fourth-order valence-electron chi connectivity index (χ4n) is 2.00. The largest absolute Gasteiger partial charge is 0.480 e. The molecule has 1 saturated heterocycles. The van der Waals surface area contributed by atoms with E-state index in [0.29, 0.717) is 19.5 Å². The van der Waals surface area contributed by atoms with Gasteiger partial charge < -0.3 is 20.2 Å². The van der Waals surface area contributed by atoms with Crippen molar-refractivity contribution in [3.05, 3.63) is 0 Å². The van der Waals surface area contributed by atoms with Crippen LogP contribution in [0.15, 0.2) is 0 Å². The summed E-state index contributed by atoms with van der Waals surface area (Å²) in [5.74, 6) is -0.240. The van der Waals surface area contributed by atoms with Gasteiger partial charge >= 0.3 is 12.0 Å². The first-order chi connectivity index (χ1) is 9.08. The summed E-state index contributed by atoms with van der Waals surface area (Å²) in [5.41, 5.74) is 0. The Balaban J connectivity index is 2.42. The molecule has 6 nitrogen and oxygen atoms in total. The smallest absolute Gasteiger partial charge is 0.326 e. The number of carbonyl (C=O) groups is 2. The molecule has 0 aromatic rings. The van der Waals surface area contributed by atoms with Gasteiger partial charge in [-0.15, -0.1) is 0 Å². The molecular weight excluding hydrogens is 266 g/mol. The SMILES string of the molecule is CCN1CCN(C(=O)N[C@H](CCSC)C(=O)O)CC1. The van der Waals surface area contributed by atoms with Crippen LogP contribution >= 0.6 is 11.8 Å². The molecule has 1 aliphatic heterocycles. The zero-order chi connectivity index (χ0) is 14.3. The van der Waals surface area contributed by atoms with E-state index in [2.05, 4.69) is 17.1 Å². The molecule has 2 N–H and O–H groups in total. The van der Waals surface area contributed by atoms with E-state index in [0.717, 1.165) is 25.4 Å². The first kappa shape index (κ1) is 16.1. The number of carboxylic acids is 1. The summed E-state index contributed by atoms with van der Waals surface area (Å²) in [4.78, 5) is 27.0. The van der Waals surface area contributed by atoms with E-state index in [1.54, 1.807) is 16.7 Å². The number of hydrogen-bond donors (Lipinski definition) is 2. The molecule has 1 rings (SSSR count). The normalized spacial score (nSPS) is 18.1. The minimum atomic E-state index is -0.963. The number of piperazine rings is 1. The Morgan fingerprint density at radius 2 is 1.95 bits per heavy atom. The molecule has 0 spiro atoms. The predicted molar refractivity (Wildman–Crippen MR) is 76.6 cm³/mol. The number of urea groups is 1. The molecule has 1 fully saturated rings. The summed E-state index contributed by atoms with van der Waals surface area (Å²) in [6.45, 7) is 6.11. The van der Waals surface area contributed by atoms with Gasteiger partial charge in [-0.1, -0.05) is 6.92 Å². The summed E-state index contributed by atoms with van der Waals surface area (Å²) >= 11 is 1.58. The maximum Gasteiger partial charge on any atom is 0.326 e. The molecule has 110 valence electrons. The van der Waals surface area contributed by atoms with E-state index in [4.69, 9.17) is 5.11 Å². The van der Waals surface area contributed by atoms with Gasteiger partial charge in [-0.05, 0) is 25.0 Å². The third kappa shape index (κ3) is 5.28. The van der Waals surface area contributed by atoms with Crippen molar-refractivity contribution >= 4 is 23.8 Å². The van der Waals surface area contributed by atoms with Crippen molar-refractivity contribution in [1.82, 2.24) is 15.1 Å². The van der Waals surface area contributed by atoms with Gasteiger partial charge in [-0.2, -0.15) is 11.8 Å². The van der Waals surface area contributed by atoms with E-state index < -0.39 is 12.0 Å². The van der Waals surface area contributed by atoms with Crippen LogP contribution in [0.2, 0.25) is 0 Å². The molecule has 0 radical (unpaired) electrons. The quantitative estimate of drug-likeness (QED) is 0.746. The Kier molecular flexibility index (Phi) is 7.01. The van der Waals surface area contributed by atoms with Gasteiger partial charge in [0.25, 0.3) is 0 Å². The Hall–Kier alpha value is -0.950. The summed E-state index contributed by atoms with van der Waals surface area (Å²) < 4.78 is 0.